The highest BCUT2D eigenvalue weighted by atomic mass is 35.5. The Morgan fingerprint density at radius 3 is 2.77 bits per heavy atom. The number of hydrogen-bond acceptors (Lipinski definition) is 8. The number of nitrogens with zero attached hydrogens (tertiary/aromatic N) is 5. The van der Waals surface area contributed by atoms with Crippen molar-refractivity contribution in [2.24, 2.45) is 0 Å². The summed E-state index contributed by atoms with van der Waals surface area (Å²) < 4.78 is 18.6. The molecule has 1 N–H and O–H groups in total. The van der Waals surface area contributed by atoms with Crippen LogP contribution in [0.1, 0.15) is 31.1 Å². The van der Waals surface area contributed by atoms with Crippen molar-refractivity contribution in [1.82, 2.24) is 25.0 Å². The van der Waals surface area contributed by atoms with E-state index in [4.69, 9.17) is 30.9 Å². The van der Waals surface area contributed by atoms with Crippen LogP contribution in [-0.2, 0) is 11.3 Å². The zero-order valence-corrected chi connectivity index (χ0v) is 23.1. The number of halogens is 1. The number of nitrogens with one attached hydrogen (secondary N) is 1. The fraction of sp³-hybridized carbons (Fsp3) is 0.267. The highest BCUT2D eigenvalue weighted by Gasteiger charge is 2.19. The van der Waals surface area contributed by atoms with Crippen molar-refractivity contribution in [3.63, 3.8) is 0 Å². The SMILES string of the molecule is COc1ccc(CNc2cnnc3cc(-c4cc(Cl)ccc4-c4ncn(C5CCCCO5)n4)ccc23)c(OC)c1. The van der Waals surface area contributed by atoms with Crippen LogP contribution in [0.3, 0.4) is 0 Å². The van der Waals surface area contributed by atoms with Crippen LogP contribution >= 0.6 is 11.6 Å². The van der Waals surface area contributed by atoms with Crippen LogP contribution in [0.25, 0.3) is 33.4 Å². The highest BCUT2D eigenvalue weighted by molar-refractivity contribution is 6.31. The fourth-order valence-electron chi connectivity index (χ4n) is 4.98. The van der Waals surface area contributed by atoms with Gasteiger partial charge in [-0.15, -0.1) is 5.10 Å². The second-order valence-corrected chi connectivity index (χ2v) is 10.0. The quantitative estimate of drug-likeness (QED) is 0.230. The molecule has 0 saturated carbocycles. The lowest BCUT2D eigenvalue weighted by molar-refractivity contribution is -0.0395. The number of ether oxygens (including phenoxy) is 3. The smallest absolute Gasteiger partial charge is 0.181 e. The van der Waals surface area contributed by atoms with Gasteiger partial charge in [0.1, 0.15) is 17.8 Å². The molecule has 10 heteroatoms. The molecule has 1 unspecified atom stereocenters. The molecule has 3 aromatic carbocycles. The van der Waals surface area contributed by atoms with Gasteiger partial charge in [0.05, 0.1) is 31.6 Å². The molecule has 1 atom stereocenters. The highest BCUT2D eigenvalue weighted by Crippen LogP contribution is 2.36. The molecule has 3 heterocycles. The van der Waals surface area contributed by atoms with Gasteiger partial charge in [-0.1, -0.05) is 17.7 Å². The maximum atomic E-state index is 6.45. The molecule has 0 amide bonds. The van der Waals surface area contributed by atoms with Crippen molar-refractivity contribution in [1.29, 1.82) is 0 Å². The third-order valence-electron chi connectivity index (χ3n) is 7.10. The predicted octanol–water partition coefficient (Wildman–Crippen LogP) is 6.54. The molecule has 1 aliphatic heterocycles. The second-order valence-electron chi connectivity index (χ2n) is 9.58. The molecule has 1 fully saturated rings. The minimum Gasteiger partial charge on any atom is -0.497 e. The summed E-state index contributed by atoms with van der Waals surface area (Å²) >= 11 is 6.45. The van der Waals surface area contributed by atoms with Crippen molar-refractivity contribution in [3.05, 3.63) is 77.7 Å². The molecule has 0 spiro atoms. The van der Waals surface area contributed by atoms with Crippen molar-refractivity contribution >= 4 is 28.2 Å². The summed E-state index contributed by atoms with van der Waals surface area (Å²) in [4.78, 5) is 4.60. The molecule has 40 heavy (non-hydrogen) atoms. The Bertz CT molecular complexity index is 1650. The van der Waals surface area contributed by atoms with Crippen LogP contribution in [0.5, 0.6) is 11.5 Å². The average Bonchev–Trinajstić information content (AvgIpc) is 3.50. The summed E-state index contributed by atoms with van der Waals surface area (Å²) in [5.74, 6) is 2.12. The van der Waals surface area contributed by atoms with Gasteiger partial charge in [-0.05, 0) is 72.9 Å². The molecule has 6 rings (SSSR count). The molecule has 2 aromatic heterocycles. The van der Waals surface area contributed by atoms with E-state index < -0.39 is 0 Å². The van der Waals surface area contributed by atoms with Gasteiger partial charge in [-0.25, -0.2) is 9.67 Å². The molecule has 0 bridgehead atoms. The predicted molar refractivity (Wildman–Crippen MR) is 155 cm³/mol. The Morgan fingerprint density at radius 1 is 1.02 bits per heavy atom. The zero-order chi connectivity index (χ0) is 27.5. The number of benzene rings is 3. The third kappa shape index (κ3) is 5.30. The van der Waals surface area contributed by atoms with Gasteiger partial charge >= 0.3 is 0 Å². The van der Waals surface area contributed by atoms with Gasteiger partial charge in [0, 0.05) is 40.8 Å². The van der Waals surface area contributed by atoms with E-state index in [1.807, 2.05) is 53.2 Å². The van der Waals surface area contributed by atoms with Crippen molar-refractivity contribution in [3.8, 4) is 34.0 Å². The minimum atomic E-state index is -0.0782. The van der Waals surface area contributed by atoms with E-state index in [0.717, 1.165) is 76.2 Å². The van der Waals surface area contributed by atoms with Crippen LogP contribution in [-0.4, -0.2) is 45.8 Å². The standard InChI is InChI=1S/C30H29ClN6O3/c1-38-22-9-6-20(28(15-22)39-2)16-32-27-17-34-35-26-13-19(7-10-24(26)27)25-14-21(31)8-11-23(25)30-33-18-37(36-30)29-5-3-4-12-40-29/h6-11,13-15,17-18,29H,3-5,12,16H2,1-2H3,(H,32,35). The first-order valence-electron chi connectivity index (χ1n) is 13.2. The van der Waals surface area contributed by atoms with Crippen molar-refractivity contribution < 1.29 is 14.2 Å². The number of methoxy groups -OCH3 is 2. The monoisotopic (exact) mass is 556 g/mol. The first kappa shape index (κ1) is 26.0. The average molecular weight is 557 g/mol. The largest absolute Gasteiger partial charge is 0.497 e. The molecular formula is C30H29ClN6O3. The van der Waals surface area contributed by atoms with Gasteiger partial charge in [-0.2, -0.15) is 10.2 Å². The second kappa shape index (κ2) is 11.5. The van der Waals surface area contributed by atoms with Crippen LogP contribution in [0.15, 0.2) is 67.1 Å². The number of rotatable bonds is 8. The Labute approximate surface area is 237 Å². The third-order valence-corrected chi connectivity index (χ3v) is 7.33. The van der Waals surface area contributed by atoms with Crippen molar-refractivity contribution in [2.45, 2.75) is 32.0 Å². The summed E-state index contributed by atoms with van der Waals surface area (Å²) in [6.07, 6.45) is 6.52. The lowest BCUT2D eigenvalue weighted by atomic mass is 9.98. The zero-order valence-electron chi connectivity index (χ0n) is 22.3. The lowest BCUT2D eigenvalue weighted by Gasteiger charge is -2.22. The number of fused-ring (bicyclic) bond motifs is 1. The normalized spacial score (nSPS) is 15.2. The van der Waals surface area contributed by atoms with Crippen molar-refractivity contribution in [2.75, 3.05) is 26.1 Å². The number of hydrogen-bond donors (Lipinski definition) is 1. The number of aromatic nitrogens is 5. The topological polar surface area (TPSA) is 96.2 Å². The molecule has 0 aliphatic carbocycles. The van der Waals surface area contributed by atoms with E-state index >= 15 is 0 Å². The van der Waals surface area contributed by atoms with Gasteiger partial charge < -0.3 is 19.5 Å². The van der Waals surface area contributed by atoms with E-state index in [2.05, 4.69) is 26.6 Å². The first-order chi connectivity index (χ1) is 19.6. The maximum Gasteiger partial charge on any atom is 0.181 e. The summed E-state index contributed by atoms with van der Waals surface area (Å²) in [7, 11) is 3.29. The molecular weight excluding hydrogens is 528 g/mol. The Morgan fingerprint density at radius 2 is 1.95 bits per heavy atom. The van der Waals surface area contributed by atoms with Gasteiger partial charge in [-0.3, -0.25) is 0 Å². The molecule has 1 saturated heterocycles. The van der Waals surface area contributed by atoms with Gasteiger partial charge in [0.25, 0.3) is 0 Å². The maximum absolute atomic E-state index is 6.45. The van der Waals surface area contributed by atoms with Gasteiger partial charge in [0.15, 0.2) is 12.1 Å². The molecule has 1 aliphatic rings. The summed E-state index contributed by atoms with van der Waals surface area (Å²) in [6.45, 7) is 1.29. The van der Waals surface area contributed by atoms with E-state index in [1.165, 1.54) is 0 Å². The molecule has 204 valence electrons. The van der Waals surface area contributed by atoms with Gasteiger partial charge in [0.2, 0.25) is 0 Å². The van der Waals surface area contributed by atoms with Crippen LogP contribution in [0.4, 0.5) is 5.69 Å². The van der Waals surface area contributed by atoms with Crippen LogP contribution < -0.4 is 14.8 Å². The molecule has 0 radical (unpaired) electrons. The Balaban J connectivity index is 1.30. The Hall–Kier alpha value is -4.21. The van der Waals surface area contributed by atoms with Crippen LogP contribution in [0.2, 0.25) is 5.02 Å². The molecule has 9 nitrogen and oxygen atoms in total. The summed E-state index contributed by atoms with van der Waals surface area (Å²) in [6, 6.07) is 17.6. The van der Waals surface area contributed by atoms with E-state index in [9.17, 15) is 0 Å². The fourth-order valence-corrected chi connectivity index (χ4v) is 5.15. The van der Waals surface area contributed by atoms with E-state index in [1.54, 1.807) is 26.7 Å². The minimum absolute atomic E-state index is 0.0782. The van der Waals surface area contributed by atoms with E-state index in [0.29, 0.717) is 17.4 Å². The first-order valence-corrected chi connectivity index (χ1v) is 13.5. The summed E-state index contributed by atoms with van der Waals surface area (Å²) in [5, 5.41) is 18.5. The Kier molecular flexibility index (Phi) is 7.48. The lowest BCUT2D eigenvalue weighted by Crippen LogP contribution is -2.18. The summed E-state index contributed by atoms with van der Waals surface area (Å²) in [5.41, 5.74) is 5.36. The molecule has 5 aromatic rings. The van der Waals surface area contributed by atoms with Crippen LogP contribution in [0, 0.1) is 0 Å². The number of anilines is 1. The van der Waals surface area contributed by atoms with E-state index in [-0.39, 0.29) is 6.23 Å².